The van der Waals surface area contributed by atoms with Crippen molar-refractivity contribution in [3.63, 3.8) is 0 Å². The van der Waals surface area contributed by atoms with Crippen molar-refractivity contribution in [3.05, 3.63) is 47.8 Å². The third-order valence-corrected chi connectivity index (χ3v) is 3.23. The number of hydrogen-bond donors (Lipinski definition) is 1. The fourth-order valence-electron chi connectivity index (χ4n) is 1.44. The molecule has 1 aromatic carbocycles. The molecule has 0 aliphatic carbocycles. The predicted octanol–water partition coefficient (Wildman–Crippen LogP) is 2.82. The lowest BCUT2D eigenvalue weighted by atomic mass is 10.2. The largest absolute Gasteiger partial charge is 0.453 e. The molecule has 2 aromatic rings. The summed E-state index contributed by atoms with van der Waals surface area (Å²) in [5.41, 5.74) is 1.01. The van der Waals surface area contributed by atoms with Gasteiger partial charge >= 0.3 is 6.18 Å². The van der Waals surface area contributed by atoms with Crippen molar-refractivity contribution in [1.29, 1.82) is 0 Å². The first kappa shape index (κ1) is 14.4. The summed E-state index contributed by atoms with van der Waals surface area (Å²) in [6, 6.07) is 9.56. The molecule has 0 aliphatic rings. The minimum Gasteiger partial charge on any atom is -0.335 e. The summed E-state index contributed by atoms with van der Waals surface area (Å²) in [5, 5.41) is 6.49. The zero-order chi connectivity index (χ0) is 14.6. The van der Waals surface area contributed by atoms with Gasteiger partial charge in [0.2, 0.25) is 5.16 Å². The Kier molecular flexibility index (Phi) is 4.33. The first-order valence-corrected chi connectivity index (χ1v) is 6.59. The molecule has 0 amide bonds. The highest BCUT2D eigenvalue weighted by atomic mass is 32.2. The van der Waals surface area contributed by atoms with Crippen LogP contribution in [0.4, 0.5) is 13.2 Å². The van der Waals surface area contributed by atoms with E-state index in [0.29, 0.717) is 10.4 Å². The number of nitrogen functional groups attached to an aromatic ring is 1. The average molecular weight is 300 g/mol. The van der Waals surface area contributed by atoms with Crippen molar-refractivity contribution in [3.8, 4) is 0 Å². The van der Waals surface area contributed by atoms with E-state index in [2.05, 4.69) is 10.2 Å². The highest BCUT2D eigenvalue weighted by molar-refractivity contribution is 7.99. The van der Waals surface area contributed by atoms with Crippen molar-refractivity contribution in [2.45, 2.75) is 11.3 Å². The second-order valence-electron chi connectivity index (χ2n) is 3.80. The van der Waals surface area contributed by atoms with E-state index in [1.54, 1.807) is 0 Å². The van der Waals surface area contributed by atoms with Crippen LogP contribution in [0.5, 0.6) is 0 Å². The smallest absolute Gasteiger partial charge is 0.335 e. The first-order chi connectivity index (χ1) is 9.48. The molecule has 1 aromatic heterocycles. The molecule has 0 saturated carbocycles. The Hall–Kier alpha value is -1.96. The van der Waals surface area contributed by atoms with E-state index in [1.807, 2.05) is 42.5 Å². The maximum absolute atomic E-state index is 12.4. The molecule has 20 heavy (non-hydrogen) atoms. The molecule has 2 rings (SSSR count). The minimum absolute atomic E-state index is 0.0232. The second kappa shape index (κ2) is 6.00. The molecule has 0 saturated heterocycles. The summed E-state index contributed by atoms with van der Waals surface area (Å²) in [6.07, 6.45) is -0.905. The van der Waals surface area contributed by atoms with E-state index in [-0.39, 0.29) is 5.16 Å². The predicted molar refractivity (Wildman–Crippen MR) is 71.4 cm³/mol. The van der Waals surface area contributed by atoms with Gasteiger partial charge in [-0.25, -0.2) is 4.68 Å². The molecular weight excluding hydrogens is 289 g/mol. The summed E-state index contributed by atoms with van der Waals surface area (Å²) < 4.78 is 37.8. The number of thioether (sulfide) groups is 1. The van der Waals surface area contributed by atoms with Gasteiger partial charge in [0, 0.05) is 5.75 Å². The van der Waals surface area contributed by atoms with Gasteiger partial charge in [-0.3, -0.25) is 0 Å². The van der Waals surface area contributed by atoms with Gasteiger partial charge in [0.15, 0.2) is 0 Å². The SMILES string of the molecule is Nn1c(SCC=Cc2ccccc2)nnc1C(F)(F)F. The summed E-state index contributed by atoms with van der Waals surface area (Å²) in [5.74, 6) is 4.55. The standard InChI is InChI=1S/C12H11F3N4S/c13-12(14,15)10-17-18-11(19(10)16)20-8-4-7-9-5-2-1-3-6-9/h1-7H,8,16H2. The second-order valence-corrected chi connectivity index (χ2v) is 4.79. The van der Waals surface area contributed by atoms with E-state index in [0.717, 1.165) is 17.3 Å². The molecule has 0 radical (unpaired) electrons. The molecule has 8 heteroatoms. The van der Waals surface area contributed by atoms with Crippen LogP contribution in [0.3, 0.4) is 0 Å². The zero-order valence-electron chi connectivity index (χ0n) is 10.2. The molecule has 0 unspecified atom stereocenters. The zero-order valence-corrected chi connectivity index (χ0v) is 11.0. The Labute approximate surface area is 117 Å². The summed E-state index contributed by atoms with van der Waals surface area (Å²) in [7, 11) is 0. The van der Waals surface area contributed by atoms with E-state index in [9.17, 15) is 13.2 Å². The van der Waals surface area contributed by atoms with Crippen LogP contribution < -0.4 is 5.84 Å². The first-order valence-electron chi connectivity index (χ1n) is 5.60. The molecule has 106 valence electrons. The highest BCUT2D eigenvalue weighted by Gasteiger charge is 2.38. The number of rotatable bonds is 4. The van der Waals surface area contributed by atoms with Crippen molar-refractivity contribution in [2.24, 2.45) is 0 Å². The van der Waals surface area contributed by atoms with Crippen LogP contribution in [0, 0.1) is 0 Å². The van der Waals surface area contributed by atoms with Crippen molar-refractivity contribution >= 4 is 17.8 Å². The summed E-state index contributed by atoms with van der Waals surface area (Å²) >= 11 is 1.08. The van der Waals surface area contributed by atoms with E-state index >= 15 is 0 Å². The number of halogens is 3. The normalized spacial score (nSPS) is 12.2. The molecule has 4 nitrogen and oxygen atoms in total. The van der Waals surface area contributed by atoms with Crippen molar-refractivity contribution in [2.75, 3.05) is 11.6 Å². The maximum atomic E-state index is 12.4. The van der Waals surface area contributed by atoms with Crippen molar-refractivity contribution < 1.29 is 13.2 Å². The van der Waals surface area contributed by atoms with Crippen LogP contribution in [0.15, 0.2) is 41.6 Å². The third-order valence-electron chi connectivity index (χ3n) is 2.34. The van der Waals surface area contributed by atoms with Gasteiger partial charge in [-0.2, -0.15) is 13.2 Å². The van der Waals surface area contributed by atoms with Crippen LogP contribution in [0.25, 0.3) is 6.08 Å². The lowest BCUT2D eigenvalue weighted by Crippen LogP contribution is -2.21. The molecule has 0 spiro atoms. The van der Waals surface area contributed by atoms with Crippen LogP contribution >= 0.6 is 11.8 Å². The Morgan fingerprint density at radius 1 is 1.20 bits per heavy atom. The van der Waals surface area contributed by atoms with Crippen LogP contribution in [0.2, 0.25) is 0 Å². The number of aromatic nitrogens is 3. The van der Waals surface area contributed by atoms with Gasteiger partial charge in [-0.1, -0.05) is 54.2 Å². The van der Waals surface area contributed by atoms with Gasteiger partial charge in [0.25, 0.3) is 5.82 Å². The van der Waals surface area contributed by atoms with Crippen LogP contribution in [-0.2, 0) is 6.18 Å². The van der Waals surface area contributed by atoms with Gasteiger partial charge in [-0.15, -0.1) is 10.2 Å². The monoisotopic (exact) mass is 300 g/mol. The van der Waals surface area contributed by atoms with Crippen LogP contribution in [-0.4, -0.2) is 20.6 Å². The molecule has 0 bridgehead atoms. The Morgan fingerprint density at radius 2 is 1.90 bits per heavy atom. The summed E-state index contributed by atoms with van der Waals surface area (Å²) in [6.45, 7) is 0. The van der Waals surface area contributed by atoms with Crippen molar-refractivity contribution in [1.82, 2.24) is 14.9 Å². The Bertz CT molecular complexity index is 592. The van der Waals surface area contributed by atoms with Gasteiger partial charge in [0.1, 0.15) is 0 Å². The van der Waals surface area contributed by atoms with E-state index < -0.39 is 12.0 Å². The summed E-state index contributed by atoms with van der Waals surface area (Å²) in [4.78, 5) is 0. The molecular formula is C12H11F3N4S. The molecule has 0 atom stereocenters. The lowest BCUT2D eigenvalue weighted by molar-refractivity contribution is -0.146. The number of alkyl halides is 3. The van der Waals surface area contributed by atoms with Gasteiger partial charge in [0.05, 0.1) is 0 Å². The Balaban J connectivity index is 1.95. The van der Waals surface area contributed by atoms with E-state index in [1.165, 1.54) is 0 Å². The van der Waals surface area contributed by atoms with Gasteiger partial charge < -0.3 is 5.84 Å². The Morgan fingerprint density at radius 3 is 2.50 bits per heavy atom. The number of nitrogens with zero attached hydrogens (tertiary/aromatic N) is 3. The molecule has 2 N–H and O–H groups in total. The van der Waals surface area contributed by atoms with E-state index in [4.69, 9.17) is 5.84 Å². The van der Waals surface area contributed by atoms with Crippen LogP contribution in [0.1, 0.15) is 11.4 Å². The number of hydrogen-bond acceptors (Lipinski definition) is 4. The minimum atomic E-state index is -4.60. The number of benzene rings is 1. The molecule has 0 aliphatic heterocycles. The maximum Gasteiger partial charge on any atom is 0.453 e. The fourth-order valence-corrected chi connectivity index (χ4v) is 2.11. The average Bonchev–Trinajstić information content (AvgIpc) is 2.77. The lowest BCUT2D eigenvalue weighted by Gasteiger charge is -2.05. The highest BCUT2D eigenvalue weighted by Crippen LogP contribution is 2.28. The quantitative estimate of drug-likeness (QED) is 0.697. The molecule has 0 fully saturated rings. The molecule has 1 heterocycles. The fraction of sp³-hybridized carbons (Fsp3) is 0.167. The number of nitrogens with two attached hydrogens (primary N) is 1. The topological polar surface area (TPSA) is 56.7 Å². The third kappa shape index (κ3) is 3.53. The van der Waals surface area contributed by atoms with Gasteiger partial charge in [-0.05, 0) is 5.56 Å².